The van der Waals surface area contributed by atoms with Crippen molar-refractivity contribution in [3.8, 4) is 0 Å². The molecule has 1 aliphatic rings. The molecule has 1 aliphatic heterocycles. The molecule has 0 radical (unpaired) electrons. The van der Waals surface area contributed by atoms with Gasteiger partial charge in [0.15, 0.2) is 5.65 Å². The Morgan fingerprint density at radius 1 is 1.09 bits per heavy atom. The summed E-state index contributed by atoms with van der Waals surface area (Å²) in [5.74, 6) is -2.83. The molecule has 1 amide bonds. The van der Waals surface area contributed by atoms with E-state index in [1.54, 1.807) is 49.4 Å². The van der Waals surface area contributed by atoms with Gasteiger partial charge in [-0.1, -0.05) is 32.0 Å². The first-order valence-corrected chi connectivity index (χ1v) is 11.4. The molecule has 0 saturated heterocycles. The number of Topliss-reactive ketones (excluding diaryl/α,β-unsaturated/α-hetero) is 1. The molecular formula is C26H26FN3O4. The number of esters is 1. The van der Waals surface area contributed by atoms with Gasteiger partial charge in [-0.3, -0.25) is 19.3 Å². The summed E-state index contributed by atoms with van der Waals surface area (Å²) in [5, 5.41) is 0.598. The highest BCUT2D eigenvalue weighted by Crippen LogP contribution is 2.42. The minimum atomic E-state index is -1.22. The van der Waals surface area contributed by atoms with E-state index in [1.807, 2.05) is 13.8 Å². The van der Waals surface area contributed by atoms with E-state index in [-0.39, 0.29) is 36.2 Å². The van der Waals surface area contributed by atoms with E-state index in [4.69, 9.17) is 4.74 Å². The zero-order chi connectivity index (χ0) is 24.4. The fourth-order valence-corrected chi connectivity index (χ4v) is 4.27. The molecule has 4 rings (SSSR count). The Morgan fingerprint density at radius 2 is 1.82 bits per heavy atom. The fraction of sp³-hybridized carbons (Fsp3) is 0.346. The van der Waals surface area contributed by atoms with E-state index in [9.17, 15) is 18.8 Å². The smallest absolute Gasteiger partial charge is 0.318 e. The van der Waals surface area contributed by atoms with E-state index in [0.29, 0.717) is 22.9 Å². The summed E-state index contributed by atoms with van der Waals surface area (Å²) < 4.78 is 19.0. The Balaban J connectivity index is 1.85. The number of hydrogen-bond donors (Lipinski definition) is 0. The fourth-order valence-electron chi connectivity index (χ4n) is 4.27. The van der Waals surface area contributed by atoms with Crippen molar-refractivity contribution >= 4 is 34.5 Å². The number of benzene rings is 1. The average Bonchev–Trinajstić information content (AvgIpc) is 3.10. The summed E-state index contributed by atoms with van der Waals surface area (Å²) in [6, 6.07) is 12.0. The minimum Gasteiger partial charge on any atom is -0.465 e. The van der Waals surface area contributed by atoms with Crippen LogP contribution in [0.5, 0.6) is 0 Å². The largest absolute Gasteiger partial charge is 0.465 e. The third-order valence-corrected chi connectivity index (χ3v) is 5.93. The van der Waals surface area contributed by atoms with Crippen molar-refractivity contribution in [1.82, 2.24) is 9.97 Å². The number of aromatic nitrogens is 2. The normalized spacial score (nSPS) is 16.1. The molecule has 0 aliphatic carbocycles. The SMILES string of the molecule is CCOC(=O)C(C(=O)CCC(C)C)C1c2ccccc2C(=O)N1c1ccc2ccc(F)nc2n1. The summed E-state index contributed by atoms with van der Waals surface area (Å²) in [5.41, 5.74) is 1.06. The third-order valence-electron chi connectivity index (χ3n) is 5.93. The number of rotatable bonds is 8. The first-order valence-electron chi connectivity index (χ1n) is 11.4. The number of fused-ring (bicyclic) bond motifs is 2. The van der Waals surface area contributed by atoms with E-state index < -0.39 is 29.8 Å². The first-order chi connectivity index (χ1) is 16.3. The predicted octanol–water partition coefficient (Wildman–Crippen LogP) is 4.66. The topological polar surface area (TPSA) is 89.5 Å². The Labute approximate surface area is 197 Å². The number of ketones is 1. The zero-order valence-electron chi connectivity index (χ0n) is 19.3. The van der Waals surface area contributed by atoms with E-state index in [2.05, 4.69) is 9.97 Å². The molecule has 0 fully saturated rings. The Bertz CT molecular complexity index is 1260. The van der Waals surface area contributed by atoms with Gasteiger partial charge in [0.1, 0.15) is 17.5 Å². The maximum atomic E-state index is 13.8. The number of nitrogens with zero attached hydrogens (tertiary/aromatic N) is 3. The van der Waals surface area contributed by atoms with Gasteiger partial charge in [-0.2, -0.15) is 9.37 Å². The van der Waals surface area contributed by atoms with Crippen molar-refractivity contribution in [2.75, 3.05) is 11.5 Å². The molecular weight excluding hydrogens is 437 g/mol. The van der Waals surface area contributed by atoms with Gasteiger partial charge in [-0.15, -0.1) is 0 Å². The predicted molar refractivity (Wildman–Crippen MR) is 125 cm³/mol. The first kappa shape index (κ1) is 23.5. The van der Waals surface area contributed by atoms with Gasteiger partial charge in [0.2, 0.25) is 5.95 Å². The number of hydrogen-bond acceptors (Lipinski definition) is 6. The van der Waals surface area contributed by atoms with Gasteiger partial charge >= 0.3 is 5.97 Å². The van der Waals surface area contributed by atoms with Crippen LogP contribution in [-0.2, 0) is 14.3 Å². The monoisotopic (exact) mass is 463 g/mol. The third kappa shape index (κ3) is 4.40. The van der Waals surface area contributed by atoms with Gasteiger partial charge in [0.25, 0.3) is 5.91 Å². The number of anilines is 1. The molecule has 0 bridgehead atoms. The van der Waals surface area contributed by atoms with Gasteiger partial charge in [-0.05, 0) is 55.2 Å². The van der Waals surface area contributed by atoms with Crippen LogP contribution in [0.25, 0.3) is 11.0 Å². The van der Waals surface area contributed by atoms with Gasteiger partial charge in [0.05, 0.1) is 12.6 Å². The molecule has 8 heteroatoms. The lowest BCUT2D eigenvalue weighted by atomic mass is 9.86. The summed E-state index contributed by atoms with van der Waals surface area (Å²) in [7, 11) is 0. The molecule has 2 aromatic heterocycles. The van der Waals surface area contributed by atoms with Crippen LogP contribution in [0, 0.1) is 17.8 Å². The molecule has 2 unspecified atom stereocenters. The van der Waals surface area contributed by atoms with Crippen molar-refractivity contribution < 1.29 is 23.5 Å². The van der Waals surface area contributed by atoms with E-state index in [0.717, 1.165) is 0 Å². The Kier molecular flexibility index (Phi) is 6.68. The van der Waals surface area contributed by atoms with Crippen LogP contribution in [0.2, 0.25) is 0 Å². The number of carbonyl (C=O) groups is 3. The highest BCUT2D eigenvalue weighted by Gasteiger charge is 2.48. The quantitative estimate of drug-likeness (QED) is 0.274. The van der Waals surface area contributed by atoms with Crippen LogP contribution in [0.4, 0.5) is 10.2 Å². The molecule has 7 nitrogen and oxygen atoms in total. The summed E-state index contributed by atoms with van der Waals surface area (Å²) in [6.45, 7) is 5.77. The summed E-state index contributed by atoms with van der Waals surface area (Å²) in [4.78, 5) is 49.6. The van der Waals surface area contributed by atoms with Gasteiger partial charge < -0.3 is 4.74 Å². The minimum absolute atomic E-state index is 0.104. The molecule has 0 saturated carbocycles. The van der Waals surface area contributed by atoms with Crippen LogP contribution < -0.4 is 4.90 Å². The highest BCUT2D eigenvalue weighted by molar-refractivity contribution is 6.13. The van der Waals surface area contributed by atoms with Crippen molar-refractivity contribution in [2.45, 2.75) is 39.7 Å². The lowest BCUT2D eigenvalue weighted by molar-refractivity contribution is -0.152. The molecule has 2 atom stereocenters. The van der Waals surface area contributed by atoms with E-state index in [1.165, 1.54) is 11.0 Å². The maximum absolute atomic E-state index is 13.8. The van der Waals surface area contributed by atoms with Crippen molar-refractivity contribution in [3.05, 3.63) is 65.6 Å². The molecule has 3 heterocycles. The Morgan fingerprint density at radius 3 is 2.56 bits per heavy atom. The Hall–Kier alpha value is -3.68. The van der Waals surface area contributed by atoms with Crippen LogP contribution in [0.1, 0.15) is 55.6 Å². The molecule has 0 N–H and O–H groups in total. The van der Waals surface area contributed by atoms with Gasteiger partial charge in [0, 0.05) is 17.4 Å². The number of carbonyl (C=O) groups excluding carboxylic acids is 3. The van der Waals surface area contributed by atoms with Crippen LogP contribution in [0.15, 0.2) is 48.5 Å². The number of halogens is 1. The highest BCUT2D eigenvalue weighted by atomic mass is 19.1. The van der Waals surface area contributed by atoms with Crippen molar-refractivity contribution in [2.24, 2.45) is 11.8 Å². The second-order valence-corrected chi connectivity index (χ2v) is 8.69. The number of ether oxygens (including phenoxy) is 1. The maximum Gasteiger partial charge on any atom is 0.318 e. The summed E-state index contributed by atoms with van der Waals surface area (Å²) in [6.07, 6.45) is 0.786. The zero-order valence-corrected chi connectivity index (χ0v) is 19.3. The molecule has 34 heavy (non-hydrogen) atoms. The number of amides is 1. The van der Waals surface area contributed by atoms with Crippen LogP contribution >= 0.6 is 0 Å². The van der Waals surface area contributed by atoms with Crippen LogP contribution in [0.3, 0.4) is 0 Å². The number of pyridine rings is 2. The lowest BCUT2D eigenvalue weighted by Gasteiger charge is -2.30. The second-order valence-electron chi connectivity index (χ2n) is 8.69. The van der Waals surface area contributed by atoms with Gasteiger partial charge in [-0.25, -0.2) is 4.98 Å². The molecule has 3 aromatic rings. The molecule has 1 aromatic carbocycles. The lowest BCUT2D eigenvalue weighted by Crippen LogP contribution is -2.41. The van der Waals surface area contributed by atoms with Crippen molar-refractivity contribution in [1.29, 1.82) is 0 Å². The summed E-state index contributed by atoms with van der Waals surface area (Å²) >= 11 is 0. The standard InChI is InChI=1S/C26H26FN3O4/c1-4-34-26(33)22(19(31)12-9-15(2)3)23-17-7-5-6-8-18(17)25(32)30(23)21-14-11-16-10-13-20(27)28-24(16)29-21/h5-8,10-11,13-15,22-23H,4,9,12H2,1-3H3. The van der Waals surface area contributed by atoms with Crippen LogP contribution in [-0.4, -0.2) is 34.2 Å². The van der Waals surface area contributed by atoms with E-state index >= 15 is 0 Å². The molecule has 0 spiro atoms. The molecule has 176 valence electrons. The van der Waals surface area contributed by atoms with Crippen molar-refractivity contribution in [3.63, 3.8) is 0 Å². The average molecular weight is 464 g/mol. The second kappa shape index (κ2) is 9.67.